The summed E-state index contributed by atoms with van der Waals surface area (Å²) in [5.74, 6) is 0.407. The Balaban J connectivity index is 2.41. The molecule has 0 aliphatic carbocycles. The Morgan fingerprint density at radius 2 is 1.94 bits per heavy atom. The van der Waals surface area contributed by atoms with Gasteiger partial charge in [-0.25, -0.2) is 8.42 Å². The van der Waals surface area contributed by atoms with Crippen LogP contribution in [0.4, 0.5) is 5.69 Å². The average molecular weight is 254 g/mol. The van der Waals surface area contributed by atoms with Crippen LogP contribution in [0.5, 0.6) is 0 Å². The van der Waals surface area contributed by atoms with Crippen molar-refractivity contribution in [3.63, 3.8) is 0 Å². The second kappa shape index (κ2) is 4.31. The van der Waals surface area contributed by atoms with E-state index in [4.69, 9.17) is 5.73 Å². The third-order valence-electron chi connectivity index (χ3n) is 3.23. The first kappa shape index (κ1) is 12.4. The molecular formula is C12H18N2O2S. The maximum absolute atomic E-state index is 12.5. The van der Waals surface area contributed by atoms with E-state index in [1.165, 1.54) is 0 Å². The van der Waals surface area contributed by atoms with Gasteiger partial charge >= 0.3 is 0 Å². The summed E-state index contributed by atoms with van der Waals surface area (Å²) in [5, 5.41) is 0. The monoisotopic (exact) mass is 254 g/mol. The van der Waals surface area contributed by atoms with Crippen LogP contribution in [0.25, 0.3) is 0 Å². The normalized spacial score (nSPS) is 26.2. The van der Waals surface area contributed by atoms with Gasteiger partial charge in [0.1, 0.15) is 4.90 Å². The molecule has 1 aliphatic heterocycles. The van der Waals surface area contributed by atoms with E-state index in [1.807, 2.05) is 6.92 Å². The van der Waals surface area contributed by atoms with Crippen LogP contribution in [-0.4, -0.2) is 25.3 Å². The molecule has 0 bridgehead atoms. The highest BCUT2D eigenvalue weighted by Crippen LogP contribution is 2.30. The molecule has 2 rings (SSSR count). The molecule has 5 heteroatoms. The molecule has 94 valence electrons. The zero-order valence-corrected chi connectivity index (χ0v) is 10.9. The van der Waals surface area contributed by atoms with Gasteiger partial charge in [-0.2, -0.15) is 4.31 Å². The summed E-state index contributed by atoms with van der Waals surface area (Å²) in [4.78, 5) is 0.223. The van der Waals surface area contributed by atoms with Crippen molar-refractivity contribution >= 4 is 15.7 Å². The van der Waals surface area contributed by atoms with Crippen molar-refractivity contribution in [3.8, 4) is 0 Å². The SMILES string of the molecule is CC1CC(C)N(S(=O)(=O)c2ccccc2N)C1. The standard InChI is InChI=1S/C12H18N2O2S/c1-9-7-10(2)14(8-9)17(15,16)12-6-4-3-5-11(12)13/h3-6,9-10H,7-8,13H2,1-2H3. The molecule has 1 aliphatic rings. The molecule has 0 saturated carbocycles. The van der Waals surface area contributed by atoms with E-state index in [1.54, 1.807) is 28.6 Å². The summed E-state index contributed by atoms with van der Waals surface area (Å²) >= 11 is 0. The zero-order chi connectivity index (χ0) is 12.6. The lowest BCUT2D eigenvalue weighted by Crippen LogP contribution is -2.34. The molecule has 1 heterocycles. The molecule has 17 heavy (non-hydrogen) atoms. The predicted octanol–water partition coefficient (Wildman–Crippen LogP) is 1.69. The Hall–Kier alpha value is -1.07. The van der Waals surface area contributed by atoms with Crippen LogP contribution in [0.15, 0.2) is 29.2 Å². The van der Waals surface area contributed by atoms with Crippen LogP contribution < -0.4 is 5.73 Å². The van der Waals surface area contributed by atoms with E-state index in [-0.39, 0.29) is 10.9 Å². The van der Waals surface area contributed by atoms with Gasteiger partial charge in [-0.3, -0.25) is 0 Å². The van der Waals surface area contributed by atoms with Crippen LogP contribution >= 0.6 is 0 Å². The van der Waals surface area contributed by atoms with E-state index < -0.39 is 10.0 Å². The highest BCUT2D eigenvalue weighted by Gasteiger charge is 2.36. The number of nitrogens with zero attached hydrogens (tertiary/aromatic N) is 1. The number of hydrogen-bond acceptors (Lipinski definition) is 3. The second-order valence-corrected chi connectivity index (χ2v) is 6.66. The number of benzene rings is 1. The van der Waals surface area contributed by atoms with Gasteiger partial charge in [-0.05, 0) is 31.4 Å². The van der Waals surface area contributed by atoms with E-state index in [0.717, 1.165) is 6.42 Å². The molecule has 1 aromatic carbocycles. The smallest absolute Gasteiger partial charge is 0.245 e. The minimum Gasteiger partial charge on any atom is -0.398 e. The molecular weight excluding hydrogens is 236 g/mol. The van der Waals surface area contributed by atoms with Crippen molar-refractivity contribution in [2.75, 3.05) is 12.3 Å². The quantitative estimate of drug-likeness (QED) is 0.817. The minimum atomic E-state index is -3.44. The lowest BCUT2D eigenvalue weighted by molar-refractivity contribution is 0.406. The van der Waals surface area contributed by atoms with Gasteiger partial charge in [0.15, 0.2) is 0 Å². The molecule has 1 fully saturated rings. The van der Waals surface area contributed by atoms with Crippen molar-refractivity contribution < 1.29 is 8.42 Å². The Bertz CT molecular complexity index is 513. The van der Waals surface area contributed by atoms with Gasteiger partial charge in [0.2, 0.25) is 10.0 Å². The molecule has 0 amide bonds. The van der Waals surface area contributed by atoms with E-state index >= 15 is 0 Å². The topological polar surface area (TPSA) is 63.4 Å². The molecule has 2 unspecified atom stereocenters. The summed E-state index contributed by atoms with van der Waals surface area (Å²) in [7, 11) is -3.44. The number of rotatable bonds is 2. The average Bonchev–Trinajstić information content (AvgIpc) is 2.59. The minimum absolute atomic E-state index is 0.0506. The largest absolute Gasteiger partial charge is 0.398 e. The number of nitrogen functional groups attached to an aromatic ring is 1. The van der Waals surface area contributed by atoms with Gasteiger partial charge in [-0.15, -0.1) is 0 Å². The molecule has 1 saturated heterocycles. The first-order valence-corrected chi connectivity index (χ1v) is 7.23. The summed E-state index contributed by atoms with van der Waals surface area (Å²) < 4.78 is 26.5. The van der Waals surface area contributed by atoms with Gasteiger partial charge in [-0.1, -0.05) is 19.1 Å². The molecule has 1 aromatic rings. The number of hydrogen-bond donors (Lipinski definition) is 1. The van der Waals surface area contributed by atoms with Gasteiger partial charge < -0.3 is 5.73 Å². The molecule has 0 spiro atoms. The lowest BCUT2D eigenvalue weighted by atomic mass is 10.1. The van der Waals surface area contributed by atoms with Gasteiger partial charge in [0, 0.05) is 12.6 Å². The fourth-order valence-electron chi connectivity index (χ4n) is 2.44. The Labute approximate surface area is 102 Å². The highest BCUT2D eigenvalue weighted by atomic mass is 32.2. The first-order chi connectivity index (χ1) is 7.93. The highest BCUT2D eigenvalue weighted by molar-refractivity contribution is 7.89. The summed E-state index contributed by atoms with van der Waals surface area (Å²) in [6.45, 7) is 4.60. The van der Waals surface area contributed by atoms with Crippen molar-refractivity contribution in [2.45, 2.75) is 31.2 Å². The second-order valence-electron chi connectivity index (χ2n) is 4.80. The Morgan fingerprint density at radius 3 is 2.47 bits per heavy atom. The Morgan fingerprint density at radius 1 is 1.29 bits per heavy atom. The Kier molecular flexibility index (Phi) is 3.14. The van der Waals surface area contributed by atoms with Crippen molar-refractivity contribution in [2.24, 2.45) is 5.92 Å². The van der Waals surface area contributed by atoms with E-state index in [0.29, 0.717) is 18.2 Å². The van der Waals surface area contributed by atoms with Gasteiger partial charge in [0.05, 0.1) is 5.69 Å². The van der Waals surface area contributed by atoms with Crippen LogP contribution in [0, 0.1) is 5.92 Å². The van der Waals surface area contributed by atoms with Crippen LogP contribution in [0.3, 0.4) is 0 Å². The maximum atomic E-state index is 12.5. The van der Waals surface area contributed by atoms with Gasteiger partial charge in [0.25, 0.3) is 0 Å². The summed E-state index contributed by atoms with van der Waals surface area (Å²) in [6, 6.07) is 6.68. The fraction of sp³-hybridized carbons (Fsp3) is 0.500. The number of anilines is 1. The molecule has 2 atom stereocenters. The lowest BCUT2D eigenvalue weighted by Gasteiger charge is -2.21. The predicted molar refractivity (Wildman–Crippen MR) is 68.0 cm³/mol. The molecule has 0 radical (unpaired) electrons. The van der Waals surface area contributed by atoms with Crippen molar-refractivity contribution in [1.82, 2.24) is 4.31 Å². The van der Waals surface area contributed by atoms with Crippen LogP contribution in [0.2, 0.25) is 0 Å². The third kappa shape index (κ3) is 2.17. The summed E-state index contributed by atoms with van der Waals surface area (Å²) in [6.07, 6.45) is 0.909. The molecule has 4 nitrogen and oxygen atoms in total. The molecule has 0 aromatic heterocycles. The third-order valence-corrected chi connectivity index (χ3v) is 5.29. The number of para-hydroxylation sites is 1. The van der Waals surface area contributed by atoms with E-state index in [9.17, 15) is 8.42 Å². The first-order valence-electron chi connectivity index (χ1n) is 5.79. The zero-order valence-electron chi connectivity index (χ0n) is 10.1. The number of sulfonamides is 1. The fourth-order valence-corrected chi connectivity index (χ4v) is 4.32. The van der Waals surface area contributed by atoms with Crippen molar-refractivity contribution in [1.29, 1.82) is 0 Å². The molecule has 2 N–H and O–H groups in total. The maximum Gasteiger partial charge on any atom is 0.245 e. The van der Waals surface area contributed by atoms with Crippen molar-refractivity contribution in [3.05, 3.63) is 24.3 Å². The number of nitrogens with two attached hydrogens (primary N) is 1. The van der Waals surface area contributed by atoms with E-state index in [2.05, 4.69) is 6.92 Å². The van der Waals surface area contributed by atoms with Crippen LogP contribution in [0.1, 0.15) is 20.3 Å². The van der Waals surface area contributed by atoms with Crippen LogP contribution in [-0.2, 0) is 10.0 Å². The summed E-state index contributed by atoms with van der Waals surface area (Å²) in [5.41, 5.74) is 6.07.